The van der Waals surface area contributed by atoms with Crippen molar-refractivity contribution in [2.24, 2.45) is 0 Å². The van der Waals surface area contributed by atoms with Crippen LogP contribution in [-0.2, 0) is 14.4 Å². The minimum atomic E-state index is -0.753. The van der Waals surface area contributed by atoms with Crippen LogP contribution in [0, 0.1) is 13.8 Å². The van der Waals surface area contributed by atoms with E-state index in [1.54, 1.807) is 29.2 Å². The summed E-state index contributed by atoms with van der Waals surface area (Å²) in [6, 6.07) is 12.5. The van der Waals surface area contributed by atoms with Gasteiger partial charge in [0.15, 0.2) is 0 Å². The predicted molar refractivity (Wildman–Crippen MR) is 106 cm³/mol. The van der Waals surface area contributed by atoms with Crippen LogP contribution in [0.3, 0.4) is 0 Å². The number of carbonyl (C=O) groups is 3. The molecule has 1 heterocycles. The van der Waals surface area contributed by atoms with E-state index in [-0.39, 0.29) is 5.91 Å². The third kappa shape index (κ3) is 4.53. The highest BCUT2D eigenvalue weighted by atomic mass is 16.2. The fourth-order valence-corrected chi connectivity index (χ4v) is 3.14. The lowest BCUT2D eigenvalue weighted by molar-refractivity contribution is -0.132. The molecule has 6 nitrogen and oxygen atoms in total. The van der Waals surface area contributed by atoms with Crippen molar-refractivity contribution in [3.8, 4) is 0 Å². The van der Waals surface area contributed by atoms with E-state index in [9.17, 15) is 14.4 Å². The Morgan fingerprint density at radius 1 is 0.926 bits per heavy atom. The number of benzene rings is 2. The number of piperidine rings is 1. The Balaban J connectivity index is 1.71. The molecule has 0 saturated carbocycles. The number of carbonyl (C=O) groups excluding carboxylic acids is 3. The molecule has 1 aliphatic rings. The lowest BCUT2D eigenvalue weighted by Gasteiger charge is -2.28. The number of amides is 3. The standard InChI is InChI=1S/C21H23N3O3/c1-14-6-5-7-16(12-14)22-20(26)21(27)23-17-10-9-15(2)18(13-17)24-11-4-3-8-19(24)25/h5-7,9-10,12-13H,3-4,8,11H2,1-2H3,(H,22,26)(H,23,27). The summed E-state index contributed by atoms with van der Waals surface area (Å²) >= 11 is 0. The Kier molecular flexibility index (Phi) is 5.54. The van der Waals surface area contributed by atoms with E-state index in [1.807, 2.05) is 32.0 Å². The predicted octanol–water partition coefficient (Wildman–Crippen LogP) is 3.40. The second-order valence-corrected chi connectivity index (χ2v) is 6.78. The summed E-state index contributed by atoms with van der Waals surface area (Å²) in [6.45, 7) is 4.50. The molecule has 0 radical (unpaired) electrons. The van der Waals surface area contributed by atoms with Crippen molar-refractivity contribution in [3.63, 3.8) is 0 Å². The van der Waals surface area contributed by atoms with E-state index >= 15 is 0 Å². The van der Waals surface area contributed by atoms with Gasteiger partial charge in [0.25, 0.3) is 0 Å². The van der Waals surface area contributed by atoms with Crippen molar-refractivity contribution in [2.45, 2.75) is 33.1 Å². The van der Waals surface area contributed by atoms with Gasteiger partial charge in [0.05, 0.1) is 0 Å². The van der Waals surface area contributed by atoms with Gasteiger partial charge in [0, 0.05) is 30.0 Å². The minimum Gasteiger partial charge on any atom is -0.318 e. The number of rotatable bonds is 3. The first-order valence-electron chi connectivity index (χ1n) is 9.04. The molecule has 2 N–H and O–H groups in total. The maximum absolute atomic E-state index is 12.2. The zero-order valence-corrected chi connectivity index (χ0v) is 15.5. The monoisotopic (exact) mass is 365 g/mol. The number of aryl methyl sites for hydroxylation is 2. The smallest absolute Gasteiger partial charge is 0.314 e. The van der Waals surface area contributed by atoms with E-state index in [0.29, 0.717) is 24.3 Å². The van der Waals surface area contributed by atoms with Gasteiger partial charge in [-0.25, -0.2) is 0 Å². The van der Waals surface area contributed by atoms with Gasteiger partial charge in [-0.05, 0) is 62.1 Å². The van der Waals surface area contributed by atoms with Crippen molar-refractivity contribution >= 4 is 34.8 Å². The molecule has 2 aromatic rings. The summed E-state index contributed by atoms with van der Waals surface area (Å²) in [5.74, 6) is -1.40. The maximum Gasteiger partial charge on any atom is 0.314 e. The van der Waals surface area contributed by atoms with Gasteiger partial charge in [0.2, 0.25) is 5.91 Å². The molecule has 0 aromatic heterocycles. The van der Waals surface area contributed by atoms with Gasteiger partial charge in [-0.15, -0.1) is 0 Å². The van der Waals surface area contributed by atoms with Crippen LogP contribution in [0.15, 0.2) is 42.5 Å². The van der Waals surface area contributed by atoms with Crippen molar-refractivity contribution in [1.29, 1.82) is 0 Å². The Morgan fingerprint density at radius 3 is 2.30 bits per heavy atom. The molecule has 1 saturated heterocycles. The molecule has 0 atom stereocenters. The number of hydrogen-bond donors (Lipinski definition) is 2. The first-order chi connectivity index (χ1) is 12.9. The molecule has 0 bridgehead atoms. The molecule has 3 amide bonds. The van der Waals surface area contributed by atoms with Crippen molar-refractivity contribution < 1.29 is 14.4 Å². The highest BCUT2D eigenvalue weighted by Crippen LogP contribution is 2.27. The molecular formula is C21H23N3O3. The fourth-order valence-electron chi connectivity index (χ4n) is 3.14. The highest BCUT2D eigenvalue weighted by Gasteiger charge is 2.22. The average Bonchev–Trinajstić information content (AvgIpc) is 2.64. The molecule has 6 heteroatoms. The number of hydrogen-bond acceptors (Lipinski definition) is 3. The SMILES string of the molecule is Cc1cccc(NC(=O)C(=O)Nc2ccc(C)c(N3CCCCC3=O)c2)c1. The van der Waals surface area contributed by atoms with Gasteiger partial charge in [-0.3, -0.25) is 14.4 Å². The Labute approximate surface area is 158 Å². The molecular weight excluding hydrogens is 342 g/mol. The normalized spacial score (nSPS) is 14.0. The Morgan fingerprint density at radius 2 is 1.63 bits per heavy atom. The molecule has 3 rings (SSSR count). The zero-order chi connectivity index (χ0) is 19.4. The summed E-state index contributed by atoms with van der Waals surface area (Å²) in [6.07, 6.45) is 2.40. The second kappa shape index (κ2) is 8.03. The number of nitrogens with zero attached hydrogens (tertiary/aromatic N) is 1. The van der Waals surface area contributed by atoms with E-state index in [4.69, 9.17) is 0 Å². The van der Waals surface area contributed by atoms with Crippen LogP contribution in [0.5, 0.6) is 0 Å². The largest absolute Gasteiger partial charge is 0.318 e. The molecule has 0 unspecified atom stereocenters. The van der Waals surface area contributed by atoms with Crippen LogP contribution in [-0.4, -0.2) is 24.3 Å². The van der Waals surface area contributed by atoms with Gasteiger partial charge in [-0.1, -0.05) is 18.2 Å². The third-order valence-electron chi connectivity index (χ3n) is 4.56. The Bertz CT molecular complexity index is 892. The van der Waals surface area contributed by atoms with E-state index in [0.717, 1.165) is 29.7 Å². The first-order valence-corrected chi connectivity index (χ1v) is 9.04. The van der Waals surface area contributed by atoms with E-state index in [1.165, 1.54) is 0 Å². The number of anilines is 3. The van der Waals surface area contributed by atoms with Crippen LogP contribution in [0.1, 0.15) is 30.4 Å². The summed E-state index contributed by atoms with van der Waals surface area (Å²) in [5.41, 5.74) is 3.77. The summed E-state index contributed by atoms with van der Waals surface area (Å²) < 4.78 is 0. The summed E-state index contributed by atoms with van der Waals surface area (Å²) in [7, 11) is 0. The quantitative estimate of drug-likeness (QED) is 0.819. The highest BCUT2D eigenvalue weighted by molar-refractivity contribution is 6.43. The molecule has 0 spiro atoms. The molecule has 27 heavy (non-hydrogen) atoms. The van der Waals surface area contributed by atoms with Gasteiger partial charge < -0.3 is 15.5 Å². The van der Waals surface area contributed by atoms with Gasteiger partial charge in [0.1, 0.15) is 0 Å². The van der Waals surface area contributed by atoms with Crippen LogP contribution in [0.2, 0.25) is 0 Å². The second-order valence-electron chi connectivity index (χ2n) is 6.78. The van der Waals surface area contributed by atoms with Crippen molar-refractivity contribution in [3.05, 3.63) is 53.6 Å². The lowest BCUT2D eigenvalue weighted by atomic mass is 10.1. The molecule has 2 aromatic carbocycles. The Hall–Kier alpha value is -3.15. The van der Waals surface area contributed by atoms with E-state index in [2.05, 4.69) is 10.6 Å². The van der Waals surface area contributed by atoms with Crippen LogP contribution in [0.4, 0.5) is 17.1 Å². The van der Waals surface area contributed by atoms with Gasteiger partial charge in [-0.2, -0.15) is 0 Å². The molecule has 1 fully saturated rings. The summed E-state index contributed by atoms with van der Waals surface area (Å²) in [5, 5.41) is 5.19. The van der Waals surface area contributed by atoms with Crippen LogP contribution < -0.4 is 15.5 Å². The van der Waals surface area contributed by atoms with E-state index < -0.39 is 11.8 Å². The van der Waals surface area contributed by atoms with Crippen LogP contribution in [0.25, 0.3) is 0 Å². The zero-order valence-electron chi connectivity index (χ0n) is 15.5. The maximum atomic E-state index is 12.2. The summed E-state index contributed by atoms with van der Waals surface area (Å²) in [4.78, 5) is 38.3. The topological polar surface area (TPSA) is 78.5 Å². The van der Waals surface area contributed by atoms with Crippen LogP contribution >= 0.6 is 0 Å². The lowest BCUT2D eigenvalue weighted by Crippen LogP contribution is -2.35. The minimum absolute atomic E-state index is 0.0880. The third-order valence-corrected chi connectivity index (χ3v) is 4.56. The molecule has 1 aliphatic heterocycles. The first kappa shape index (κ1) is 18.6. The number of nitrogens with one attached hydrogen (secondary N) is 2. The molecule has 0 aliphatic carbocycles. The van der Waals surface area contributed by atoms with Crippen molar-refractivity contribution in [2.75, 3.05) is 22.1 Å². The fraction of sp³-hybridized carbons (Fsp3) is 0.286. The average molecular weight is 365 g/mol. The van der Waals surface area contributed by atoms with Gasteiger partial charge >= 0.3 is 11.8 Å². The molecule has 140 valence electrons. The van der Waals surface area contributed by atoms with Crippen molar-refractivity contribution in [1.82, 2.24) is 0 Å².